The molecule has 2 aromatic carbocycles. The van der Waals surface area contributed by atoms with Gasteiger partial charge in [-0.05, 0) is 29.8 Å². The van der Waals surface area contributed by atoms with E-state index in [0.717, 1.165) is 56.4 Å². The maximum atomic E-state index is 10.8. The predicted molar refractivity (Wildman–Crippen MR) is 118 cm³/mol. The highest BCUT2D eigenvalue weighted by Gasteiger charge is 2.17. The van der Waals surface area contributed by atoms with Crippen LogP contribution in [0.1, 0.15) is 11.3 Å². The zero-order chi connectivity index (χ0) is 20.8. The Morgan fingerprint density at radius 1 is 0.900 bits per heavy atom. The summed E-state index contributed by atoms with van der Waals surface area (Å²) in [6.45, 7) is 5.83. The predicted octanol–water partition coefficient (Wildman–Crippen LogP) is 4.69. The Hall–Kier alpha value is -3.22. The van der Waals surface area contributed by atoms with Crippen molar-refractivity contribution in [2.45, 2.75) is 6.54 Å². The Bertz CT molecular complexity index is 988. The second-order valence-corrected chi connectivity index (χ2v) is 7.46. The van der Waals surface area contributed by atoms with E-state index < -0.39 is 4.92 Å². The molecule has 3 aromatic rings. The summed E-state index contributed by atoms with van der Waals surface area (Å²) >= 11 is 0. The second kappa shape index (κ2) is 9.52. The number of piperazine rings is 1. The lowest BCUT2D eigenvalue weighted by Gasteiger charge is -2.33. The van der Waals surface area contributed by atoms with Gasteiger partial charge in [0.1, 0.15) is 11.5 Å². The Labute approximate surface area is 176 Å². The molecule has 0 saturated carbocycles. The average molecular weight is 403 g/mol. The zero-order valence-corrected chi connectivity index (χ0v) is 16.8. The number of nitro benzene ring substituents is 1. The van der Waals surface area contributed by atoms with E-state index in [1.165, 1.54) is 17.7 Å². The molecule has 0 amide bonds. The normalized spacial score (nSPS) is 15.6. The molecule has 6 nitrogen and oxygen atoms in total. The van der Waals surface area contributed by atoms with Crippen LogP contribution in [0, 0.1) is 10.1 Å². The third kappa shape index (κ3) is 5.23. The van der Waals surface area contributed by atoms with E-state index in [1.807, 2.05) is 18.2 Å². The largest absolute Gasteiger partial charge is 0.460 e. The van der Waals surface area contributed by atoms with E-state index in [0.29, 0.717) is 0 Å². The quantitative estimate of drug-likeness (QED) is 0.423. The fraction of sp³-hybridized carbons (Fsp3) is 0.250. The summed E-state index contributed by atoms with van der Waals surface area (Å²) in [6.07, 6.45) is 4.41. The van der Waals surface area contributed by atoms with Crippen LogP contribution in [-0.4, -0.2) is 47.4 Å². The van der Waals surface area contributed by atoms with Gasteiger partial charge in [0.15, 0.2) is 0 Å². The molecule has 154 valence electrons. The first-order chi connectivity index (χ1) is 14.7. The van der Waals surface area contributed by atoms with E-state index in [9.17, 15) is 10.1 Å². The Morgan fingerprint density at radius 2 is 1.60 bits per heavy atom. The summed E-state index contributed by atoms with van der Waals surface area (Å²) in [6, 6.07) is 20.7. The first-order valence-corrected chi connectivity index (χ1v) is 10.2. The van der Waals surface area contributed by atoms with E-state index in [2.05, 4.69) is 46.2 Å². The number of nitrogens with zero attached hydrogens (tertiary/aromatic N) is 3. The monoisotopic (exact) mass is 403 g/mol. The summed E-state index contributed by atoms with van der Waals surface area (Å²) in [7, 11) is 0. The van der Waals surface area contributed by atoms with E-state index in [4.69, 9.17) is 4.42 Å². The lowest BCUT2D eigenvalue weighted by atomic mass is 10.1. The molecule has 0 radical (unpaired) electrons. The van der Waals surface area contributed by atoms with Gasteiger partial charge in [-0.25, -0.2) is 0 Å². The number of rotatable bonds is 7. The van der Waals surface area contributed by atoms with Gasteiger partial charge in [-0.15, -0.1) is 0 Å². The fourth-order valence-electron chi connectivity index (χ4n) is 3.62. The summed E-state index contributed by atoms with van der Waals surface area (Å²) < 4.78 is 5.98. The number of hydrogen-bond acceptors (Lipinski definition) is 5. The standard InChI is InChI=1S/C24H25N3O3/c28-27(29)22-10-8-21(9-11-22)24-13-12-23(30-24)19-26-17-15-25(16-18-26)14-4-7-20-5-2-1-3-6-20/h1-13H,14-19H2. The number of benzene rings is 2. The highest BCUT2D eigenvalue weighted by Crippen LogP contribution is 2.25. The lowest BCUT2D eigenvalue weighted by molar-refractivity contribution is -0.384. The number of nitro groups is 1. The summed E-state index contributed by atoms with van der Waals surface area (Å²) in [5.74, 6) is 1.66. The molecule has 0 unspecified atom stereocenters. The van der Waals surface area contributed by atoms with E-state index in [1.54, 1.807) is 12.1 Å². The molecule has 1 aliphatic rings. The fourth-order valence-corrected chi connectivity index (χ4v) is 3.62. The van der Waals surface area contributed by atoms with Crippen LogP contribution in [-0.2, 0) is 6.54 Å². The van der Waals surface area contributed by atoms with Crippen molar-refractivity contribution in [3.05, 3.63) is 94.2 Å². The van der Waals surface area contributed by atoms with Gasteiger partial charge in [-0.3, -0.25) is 19.9 Å². The van der Waals surface area contributed by atoms with Gasteiger partial charge in [-0.2, -0.15) is 0 Å². The molecule has 1 fully saturated rings. The minimum absolute atomic E-state index is 0.0852. The van der Waals surface area contributed by atoms with Crippen molar-refractivity contribution in [2.75, 3.05) is 32.7 Å². The summed E-state index contributed by atoms with van der Waals surface area (Å²) in [5, 5.41) is 10.8. The molecule has 0 atom stereocenters. The Morgan fingerprint density at radius 3 is 2.30 bits per heavy atom. The van der Waals surface area contributed by atoms with Gasteiger partial charge >= 0.3 is 0 Å². The SMILES string of the molecule is O=[N+]([O-])c1ccc(-c2ccc(CN3CCN(CC=Cc4ccccc4)CC3)o2)cc1. The smallest absolute Gasteiger partial charge is 0.269 e. The molecule has 0 spiro atoms. The van der Waals surface area contributed by atoms with Crippen LogP contribution in [0.3, 0.4) is 0 Å². The molecule has 0 N–H and O–H groups in total. The third-order valence-corrected chi connectivity index (χ3v) is 5.34. The Kier molecular flexibility index (Phi) is 6.37. The molecular weight excluding hydrogens is 378 g/mol. The first-order valence-electron chi connectivity index (χ1n) is 10.2. The van der Waals surface area contributed by atoms with Gasteiger partial charge in [0.25, 0.3) is 5.69 Å². The van der Waals surface area contributed by atoms with Crippen molar-refractivity contribution >= 4 is 11.8 Å². The molecule has 1 aromatic heterocycles. The maximum absolute atomic E-state index is 10.8. The van der Waals surface area contributed by atoms with Gasteiger partial charge in [0.2, 0.25) is 0 Å². The van der Waals surface area contributed by atoms with E-state index >= 15 is 0 Å². The van der Waals surface area contributed by atoms with Crippen LogP contribution in [0.25, 0.3) is 17.4 Å². The van der Waals surface area contributed by atoms with Crippen molar-refractivity contribution in [1.29, 1.82) is 0 Å². The molecule has 0 bridgehead atoms. The second-order valence-electron chi connectivity index (χ2n) is 7.46. The molecule has 2 heterocycles. The van der Waals surface area contributed by atoms with Crippen LogP contribution >= 0.6 is 0 Å². The van der Waals surface area contributed by atoms with Crippen molar-refractivity contribution in [2.24, 2.45) is 0 Å². The maximum Gasteiger partial charge on any atom is 0.269 e. The summed E-state index contributed by atoms with van der Waals surface area (Å²) in [5.41, 5.74) is 2.17. The molecule has 4 rings (SSSR count). The van der Waals surface area contributed by atoms with Crippen molar-refractivity contribution in [3.8, 4) is 11.3 Å². The van der Waals surface area contributed by atoms with Gasteiger partial charge < -0.3 is 4.42 Å². The van der Waals surface area contributed by atoms with Crippen LogP contribution in [0.5, 0.6) is 0 Å². The first kappa shape index (κ1) is 20.1. The third-order valence-electron chi connectivity index (χ3n) is 5.34. The molecule has 6 heteroatoms. The molecule has 1 saturated heterocycles. The van der Waals surface area contributed by atoms with Gasteiger partial charge in [0, 0.05) is 50.4 Å². The number of non-ortho nitro benzene ring substituents is 1. The van der Waals surface area contributed by atoms with Gasteiger partial charge in [-0.1, -0.05) is 42.5 Å². The van der Waals surface area contributed by atoms with Crippen molar-refractivity contribution < 1.29 is 9.34 Å². The lowest BCUT2D eigenvalue weighted by Crippen LogP contribution is -2.45. The molecule has 1 aliphatic heterocycles. The highest BCUT2D eigenvalue weighted by molar-refractivity contribution is 5.59. The van der Waals surface area contributed by atoms with Crippen LogP contribution in [0.4, 0.5) is 5.69 Å². The number of hydrogen-bond donors (Lipinski definition) is 0. The van der Waals surface area contributed by atoms with Crippen LogP contribution in [0.15, 0.2) is 77.2 Å². The molecule has 30 heavy (non-hydrogen) atoms. The Balaban J connectivity index is 1.25. The topological polar surface area (TPSA) is 62.8 Å². The van der Waals surface area contributed by atoms with Crippen molar-refractivity contribution in [3.63, 3.8) is 0 Å². The van der Waals surface area contributed by atoms with E-state index in [-0.39, 0.29) is 5.69 Å². The summed E-state index contributed by atoms with van der Waals surface area (Å²) in [4.78, 5) is 15.3. The average Bonchev–Trinajstić information content (AvgIpc) is 3.24. The molecule has 0 aliphatic carbocycles. The minimum Gasteiger partial charge on any atom is -0.460 e. The van der Waals surface area contributed by atoms with Crippen LogP contribution in [0.2, 0.25) is 0 Å². The number of furan rings is 1. The van der Waals surface area contributed by atoms with Crippen molar-refractivity contribution in [1.82, 2.24) is 9.80 Å². The van der Waals surface area contributed by atoms with Crippen LogP contribution < -0.4 is 0 Å². The van der Waals surface area contributed by atoms with Gasteiger partial charge in [0.05, 0.1) is 11.5 Å². The molecular formula is C24H25N3O3. The highest BCUT2D eigenvalue weighted by atomic mass is 16.6. The zero-order valence-electron chi connectivity index (χ0n) is 16.8. The minimum atomic E-state index is -0.394.